The quantitative estimate of drug-likeness (QED) is 0.754. The molecule has 1 unspecified atom stereocenters. The van der Waals surface area contributed by atoms with Crippen LogP contribution in [0.25, 0.3) is 0 Å². The van der Waals surface area contributed by atoms with Crippen molar-refractivity contribution in [2.45, 2.75) is 5.92 Å². The minimum Gasteiger partial charge on any atom is -0.308 e. The van der Waals surface area contributed by atoms with Crippen LogP contribution in [0.2, 0.25) is 0 Å². The van der Waals surface area contributed by atoms with Crippen LogP contribution >= 0.6 is 0 Å². The summed E-state index contributed by atoms with van der Waals surface area (Å²) in [5.41, 5.74) is 2.35. The molecule has 0 bridgehead atoms. The summed E-state index contributed by atoms with van der Waals surface area (Å²) in [6.07, 6.45) is 0. The molecular weight excluding hydrogens is 230 g/mol. The van der Waals surface area contributed by atoms with Crippen LogP contribution < -0.4 is 0 Å². The molecule has 0 fully saturated rings. The van der Waals surface area contributed by atoms with Crippen LogP contribution in [0.15, 0.2) is 60.7 Å². The molecule has 2 rings (SSSR count). The van der Waals surface area contributed by atoms with Crippen LogP contribution in [0.4, 0.5) is 0 Å². The molecule has 2 aromatic rings. The normalized spacial score (nSPS) is 11.7. The van der Waals surface area contributed by atoms with Gasteiger partial charge >= 0.3 is 0 Å². The highest BCUT2D eigenvalue weighted by Crippen LogP contribution is 2.15. The third-order valence-corrected chi connectivity index (χ3v) is 2.91. The zero-order valence-electron chi connectivity index (χ0n) is 11.5. The largest absolute Gasteiger partial charge is 0.308 e. The molecule has 96 valence electrons. The fourth-order valence-corrected chi connectivity index (χ4v) is 1.98. The van der Waals surface area contributed by atoms with Gasteiger partial charge in [0.15, 0.2) is 0 Å². The minimum atomic E-state index is 0.247. The van der Waals surface area contributed by atoms with Gasteiger partial charge in [-0.3, -0.25) is 0 Å². The van der Waals surface area contributed by atoms with Crippen molar-refractivity contribution in [3.8, 4) is 11.8 Å². The number of likely N-dealkylation sites (N-methyl/N-ethyl adjacent to an activating group) is 1. The Labute approximate surface area is 115 Å². The van der Waals surface area contributed by atoms with E-state index in [0.717, 1.165) is 12.1 Å². The second kappa shape index (κ2) is 6.78. The van der Waals surface area contributed by atoms with Gasteiger partial charge in [-0.2, -0.15) is 0 Å². The van der Waals surface area contributed by atoms with Gasteiger partial charge in [-0.15, -0.1) is 0 Å². The predicted molar refractivity (Wildman–Crippen MR) is 81.1 cm³/mol. The lowest BCUT2D eigenvalue weighted by Gasteiger charge is -2.16. The van der Waals surface area contributed by atoms with E-state index < -0.39 is 0 Å². The van der Waals surface area contributed by atoms with E-state index in [9.17, 15) is 0 Å². The van der Waals surface area contributed by atoms with Crippen molar-refractivity contribution in [3.63, 3.8) is 0 Å². The first-order chi connectivity index (χ1) is 9.25. The van der Waals surface area contributed by atoms with Crippen molar-refractivity contribution < 1.29 is 0 Å². The Bertz CT molecular complexity index is 546. The first kappa shape index (κ1) is 13.4. The van der Waals surface area contributed by atoms with Crippen LogP contribution in [-0.2, 0) is 0 Å². The number of hydrogen-bond acceptors (Lipinski definition) is 1. The molecule has 0 heterocycles. The fourth-order valence-electron chi connectivity index (χ4n) is 1.98. The number of benzene rings is 2. The molecule has 0 radical (unpaired) electrons. The van der Waals surface area contributed by atoms with E-state index in [1.807, 2.05) is 36.4 Å². The molecule has 1 heteroatoms. The summed E-state index contributed by atoms with van der Waals surface area (Å²) in [4.78, 5) is 2.18. The molecule has 0 saturated heterocycles. The summed E-state index contributed by atoms with van der Waals surface area (Å²) in [5, 5.41) is 0. The average molecular weight is 249 g/mol. The zero-order chi connectivity index (χ0) is 13.5. The van der Waals surface area contributed by atoms with Gasteiger partial charge in [0.25, 0.3) is 0 Å². The number of hydrogen-bond donors (Lipinski definition) is 0. The van der Waals surface area contributed by atoms with E-state index in [1.54, 1.807) is 0 Å². The first-order valence-corrected chi connectivity index (χ1v) is 6.52. The molecule has 1 atom stereocenters. The molecule has 0 spiro atoms. The highest BCUT2D eigenvalue weighted by atomic mass is 15.1. The third-order valence-electron chi connectivity index (χ3n) is 2.91. The molecule has 2 aromatic carbocycles. The zero-order valence-corrected chi connectivity index (χ0v) is 11.5. The first-order valence-electron chi connectivity index (χ1n) is 6.52. The Morgan fingerprint density at radius 2 is 1.47 bits per heavy atom. The predicted octanol–water partition coefficient (Wildman–Crippen LogP) is 3.38. The van der Waals surface area contributed by atoms with Gasteiger partial charge < -0.3 is 4.90 Å². The Morgan fingerprint density at radius 3 is 2.05 bits per heavy atom. The second-order valence-electron chi connectivity index (χ2n) is 4.86. The fraction of sp³-hybridized carbons (Fsp3) is 0.222. The average Bonchev–Trinajstić information content (AvgIpc) is 2.45. The Balaban J connectivity index is 2.22. The van der Waals surface area contributed by atoms with Gasteiger partial charge in [0.1, 0.15) is 0 Å². The molecule has 19 heavy (non-hydrogen) atoms. The van der Waals surface area contributed by atoms with Crippen LogP contribution in [0.1, 0.15) is 17.0 Å². The van der Waals surface area contributed by atoms with Gasteiger partial charge in [0, 0.05) is 12.1 Å². The number of nitrogens with zero attached hydrogens (tertiary/aromatic N) is 1. The lowest BCUT2D eigenvalue weighted by molar-refractivity contribution is 0.399. The number of rotatable bonds is 3. The van der Waals surface area contributed by atoms with Crippen molar-refractivity contribution in [2.75, 3.05) is 20.6 Å². The molecule has 1 nitrogen and oxygen atoms in total. The highest BCUT2D eigenvalue weighted by molar-refractivity contribution is 5.38. The topological polar surface area (TPSA) is 3.24 Å². The van der Waals surface area contributed by atoms with Crippen LogP contribution in [0.5, 0.6) is 0 Å². The molecule has 0 aliphatic carbocycles. The highest BCUT2D eigenvalue weighted by Gasteiger charge is 2.08. The molecule has 0 amide bonds. The van der Waals surface area contributed by atoms with Gasteiger partial charge in [0.05, 0.1) is 5.92 Å². The maximum Gasteiger partial charge on any atom is 0.0582 e. The molecule has 0 aromatic heterocycles. The summed E-state index contributed by atoms with van der Waals surface area (Å²) < 4.78 is 0. The minimum absolute atomic E-state index is 0.247. The lowest BCUT2D eigenvalue weighted by atomic mass is 9.99. The van der Waals surface area contributed by atoms with Crippen molar-refractivity contribution in [1.29, 1.82) is 0 Å². The van der Waals surface area contributed by atoms with Gasteiger partial charge in [-0.25, -0.2) is 0 Å². The van der Waals surface area contributed by atoms with Crippen LogP contribution in [0.3, 0.4) is 0 Å². The summed E-state index contributed by atoms with van der Waals surface area (Å²) >= 11 is 0. The van der Waals surface area contributed by atoms with E-state index in [2.05, 4.69) is 55.1 Å². The van der Waals surface area contributed by atoms with Crippen LogP contribution in [-0.4, -0.2) is 25.5 Å². The molecule has 0 saturated carbocycles. The Kier molecular flexibility index (Phi) is 4.78. The maximum absolute atomic E-state index is 3.39. The summed E-state index contributed by atoms with van der Waals surface area (Å²) in [6, 6.07) is 20.6. The maximum atomic E-state index is 3.39. The molecular formula is C18H19N. The summed E-state index contributed by atoms with van der Waals surface area (Å²) in [7, 11) is 4.17. The molecule has 0 aliphatic heterocycles. The molecule has 0 aliphatic rings. The SMILES string of the molecule is CN(C)CC(C#Cc1ccccc1)c1ccccc1. The van der Waals surface area contributed by atoms with E-state index in [-0.39, 0.29) is 5.92 Å². The van der Waals surface area contributed by atoms with Crippen molar-refractivity contribution >= 4 is 0 Å². The summed E-state index contributed by atoms with van der Waals surface area (Å²) in [6.45, 7) is 0.934. The Hall–Kier alpha value is -2.04. The van der Waals surface area contributed by atoms with E-state index in [4.69, 9.17) is 0 Å². The van der Waals surface area contributed by atoms with Crippen molar-refractivity contribution in [3.05, 3.63) is 71.8 Å². The smallest absolute Gasteiger partial charge is 0.0582 e. The van der Waals surface area contributed by atoms with Crippen LogP contribution in [0, 0.1) is 11.8 Å². The lowest BCUT2D eigenvalue weighted by Crippen LogP contribution is -2.19. The van der Waals surface area contributed by atoms with Gasteiger partial charge in [-0.1, -0.05) is 60.4 Å². The van der Waals surface area contributed by atoms with Crippen molar-refractivity contribution in [1.82, 2.24) is 4.90 Å². The standard InChI is InChI=1S/C18H19N/c1-19(2)15-18(17-11-7-4-8-12-17)14-13-16-9-5-3-6-10-16/h3-12,18H,15H2,1-2H3. The van der Waals surface area contributed by atoms with E-state index >= 15 is 0 Å². The van der Waals surface area contributed by atoms with Gasteiger partial charge in [-0.05, 0) is 31.8 Å². The van der Waals surface area contributed by atoms with Gasteiger partial charge in [0.2, 0.25) is 0 Å². The Morgan fingerprint density at radius 1 is 0.895 bits per heavy atom. The second-order valence-corrected chi connectivity index (χ2v) is 4.86. The van der Waals surface area contributed by atoms with E-state index in [1.165, 1.54) is 5.56 Å². The van der Waals surface area contributed by atoms with Crippen molar-refractivity contribution in [2.24, 2.45) is 0 Å². The third kappa shape index (κ3) is 4.28. The monoisotopic (exact) mass is 249 g/mol. The molecule has 0 N–H and O–H groups in total. The van der Waals surface area contributed by atoms with E-state index in [0.29, 0.717) is 0 Å². The summed E-state index contributed by atoms with van der Waals surface area (Å²) in [5.74, 6) is 6.91.